The molecule has 86 valence electrons. The van der Waals surface area contributed by atoms with Crippen molar-refractivity contribution in [2.45, 2.75) is 6.92 Å². The highest BCUT2D eigenvalue weighted by molar-refractivity contribution is 7.20. The van der Waals surface area contributed by atoms with E-state index in [2.05, 4.69) is 4.98 Å². The minimum atomic E-state index is 0.531. The molecule has 16 heavy (non-hydrogen) atoms. The van der Waals surface area contributed by atoms with E-state index in [0.717, 1.165) is 15.9 Å². The molecule has 0 amide bonds. The number of nitrogens with zero attached hydrogens (tertiary/aromatic N) is 1. The van der Waals surface area contributed by atoms with Crippen molar-refractivity contribution in [2.24, 2.45) is 0 Å². The average Bonchev–Trinajstić information content (AvgIpc) is 2.66. The molecule has 0 spiro atoms. The van der Waals surface area contributed by atoms with Gasteiger partial charge in [0.25, 0.3) is 5.19 Å². The smallest absolute Gasteiger partial charge is 0.274 e. The van der Waals surface area contributed by atoms with Crippen LogP contribution >= 0.6 is 11.3 Å². The monoisotopic (exact) mass is 238 g/mol. The van der Waals surface area contributed by atoms with Crippen LogP contribution in [0.5, 0.6) is 5.19 Å². The number of hydrogen-bond acceptors (Lipinski definition) is 5. The lowest BCUT2D eigenvalue weighted by atomic mass is 10.3. The van der Waals surface area contributed by atoms with Gasteiger partial charge >= 0.3 is 0 Å². The Balaban J connectivity index is 2.02. The van der Waals surface area contributed by atoms with Gasteiger partial charge in [-0.25, -0.2) is 4.98 Å². The second-order valence-electron chi connectivity index (χ2n) is 3.25. The highest BCUT2D eigenvalue weighted by Crippen LogP contribution is 2.28. The number of rotatable bonds is 5. The highest BCUT2D eigenvalue weighted by Gasteiger charge is 2.04. The number of ether oxygens (including phenoxy) is 2. The van der Waals surface area contributed by atoms with Gasteiger partial charge in [0, 0.05) is 12.3 Å². The fourth-order valence-corrected chi connectivity index (χ4v) is 2.20. The molecule has 5 heteroatoms. The quantitative estimate of drug-likeness (QED) is 0.641. The summed E-state index contributed by atoms with van der Waals surface area (Å²) in [5.41, 5.74) is 7.36. The summed E-state index contributed by atoms with van der Waals surface area (Å²) in [4.78, 5) is 4.34. The fourth-order valence-electron chi connectivity index (χ4n) is 1.31. The standard InChI is InChI=1S/C11H14N2O2S/c1-2-14-5-6-15-11-13-9-4-3-8(12)7-10(9)16-11/h3-4,7H,2,5-6,12H2,1H3. The van der Waals surface area contributed by atoms with Crippen molar-refractivity contribution in [2.75, 3.05) is 25.6 Å². The van der Waals surface area contributed by atoms with Crippen LogP contribution in [-0.4, -0.2) is 24.8 Å². The molecule has 2 N–H and O–H groups in total. The van der Waals surface area contributed by atoms with Gasteiger partial charge in [0.1, 0.15) is 6.61 Å². The zero-order valence-corrected chi connectivity index (χ0v) is 9.92. The maximum Gasteiger partial charge on any atom is 0.274 e. The Morgan fingerprint density at radius 1 is 1.38 bits per heavy atom. The Morgan fingerprint density at radius 2 is 2.25 bits per heavy atom. The summed E-state index contributed by atoms with van der Waals surface area (Å²) < 4.78 is 11.7. The van der Waals surface area contributed by atoms with Crippen molar-refractivity contribution in [3.05, 3.63) is 18.2 Å². The predicted octanol–water partition coefficient (Wildman–Crippen LogP) is 2.29. The third kappa shape index (κ3) is 2.62. The molecule has 0 aliphatic heterocycles. The number of anilines is 1. The van der Waals surface area contributed by atoms with E-state index < -0.39 is 0 Å². The molecule has 4 nitrogen and oxygen atoms in total. The second kappa shape index (κ2) is 5.14. The van der Waals surface area contributed by atoms with Crippen molar-refractivity contribution >= 4 is 27.2 Å². The van der Waals surface area contributed by atoms with E-state index >= 15 is 0 Å². The van der Waals surface area contributed by atoms with Crippen molar-refractivity contribution in [3.8, 4) is 5.19 Å². The number of aromatic nitrogens is 1. The van der Waals surface area contributed by atoms with E-state index in [4.69, 9.17) is 15.2 Å². The van der Waals surface area contributed by atoms with Crippen LogP contribution in [0, 0.1) is 0 Å². The summed E-state index contributed by atoms with van der Waals surface area (Å²) in [6, 6.07) is 5.64. The molecule has 2 aromatic rings. The second-order valence-corrected chi connectivity index (χ2v) is 4.25. The lowest BCUT2D eigenvalue weighted by Gasteiger charge is -2.01. The van der Waals surface area contributed by atoms with Gasteiger partial charge in [0.2, 0.25) is 0 Å². The number of nitrogens with two attached hydrogens (primary N) is 1. The SMILES string of the molecule is CCOCCOc1nc2ccc(N)cc2s1. The van der Waals surface area contributed by atoms with Crippen LogP contribution in [0.4, 0.5) is 5.69 Å². The number of benzene rings is 1. The summed E-state index contributed by atoms with van der Waals surface area (Å²) in [5, 5.41) is 0.667. The van der Waals surface area contributed by atoms with Gasteiger partial charge in [-0.05, 0) is 25.1 Å². The zero-order valence-electron chi connectivity index (χ0n) is 9.10. The van der Waals surface area contributed by atoms with E-state index in [1.54, 1.807) is 0 Å². The van der Waals surface area contributed by atoms with E-state index in [1.807, 2.05) is 25.1 Å². The first-order valence-corrected chi connectivity index (χ1v) is 5.98. The minimum absolute atomic E-state index is 0.531. The first-order chi connectivity index (χ1) is 7.79. The highest BCUT2D eigenvalue weighted by atomic mass is 32.1. The Bertz CT molecular complexity index is 470. The summed E-state index contributed by atoms with van der Waals surface area (Å²) >= 11 is 1.50. The Labute approximate surface area is 98.0 Å². The Morgan fingerprint density at radius 3 is 3.06 bits per heavy atom. The van der Waals surface area contributed by atoms with Crippen LogP contribution in [0.25, 0.3) is 10.2 Å². The molecule has 0 aliphatic carbocycles. The Hall–Kier alpha value is -1.33. The van der Waals surface area contributed by atoms with Gasteiger partial charge in [-0.1, -0.05) is 11.3 Å². The molecular weight excluding hydrogens is 224 g/mol. The van der Waals surface area contributed by atoms with Crippen LogP contribution in [0.2, 0.25) is 0 Å². The van der Waals surface area contributed by atoms with Gasteiger partial charge in [0.05, 0.1) is 16.8 Å². The molecule has 0 atom stereocenters. The lowest BCUT2D eigenvalue weighted by molar-refractivity contribution is 0.110. The molecule has 2 rings (SSSR count). The largest absolute Gasteiger partial charge is 0.468 e. The van der Waals surface area contributed by atoms with Gasteiger partial charge in [-0.3, -0.25) is 0 Å². The number of thiazole rings is 1. The van der Waals surface area contributed by atoms with E-state index in [-0.39, 0.29) is 0 Å². The number of nitrogen functional groups attached to an aromatic ring is 1. The molecule has 0 aliphatic rings. The third-order valence-electron chi connectivity index (χ3n) is 2.05. The molecule has 1 aromatic heterocycles. The summed E-state index contributed by atoms with van der Waals surface area (Å²) in [6.07, 6.45) is 0. The fraction of sp³-hybridized carbons (Fsp3) is 0.364. The molecule has 0 fully saturated rings. The summed E-state index contributed by atoms with van der Waals surface area (Å²) in [5.74, 6) is 0. The van der Waals surface area contributed by atoms with Crippen LogP contribution in [0.3, 0.4) is 0 Å². The van der Waals surface area contributed by atoms with Gasteiger partial charge in [-0.2, -0.15) is 0 Å². The van der Waals surface area contributed by atoms with E-state index in [9.17, 15) is 0 Å². The van der Waals surface area contributed by atoms with Crippen LogP contribution in [-0.2, 0) is 4.74 Å². The molecule has 0 bridgehead atoms. The maximum absolute atomic E-state index is 5.69. The Kier molecular flexibility index (Phi) is 3.58. The van der Waals surface area contributed by atoms with Gasteiger partial charge < -0.3 is 15.2 Å². The van der Waals surface area contributed by atoms with E-state index in [1.165, 1.54) is 11.3 Å². The van der Waals surface area contributed by atoms with Crippen LogP contribution in [0.15, 0.2) is 18.2 Å². The van der Waals surface area contributed by atoms with Crippen molar-refractivity contribution in [3.63, 3.8) is 0 Å². The van der Waals surface area contributed by atoms with Crippen LogP contribution in [0.1, 0.15) is 6.92 Å². The predicted molar refractivity (Wildman–Crippen MR) is 66.0 cm³/mol. The molecule has 1 aromatic carbocycles. The van der Waals surface area contributed by atoms with E-state index in [0.29, 0.717) is 25.0 Å². The maximum atomic E-state index is 5.69. The number of hydrogen-bond donors (Lipinski definition) is 1. The molecule has 0 saturated heterocycles. The average molecular weight is 238 g/mol. The van der Waals surface area contributed by atoms with Crippen molar-refractivity contribution < 1.29 is 9.47 Å². The first-order valence-electron chi connectivity index (χ1n) is 5.16. The normalized spacial score (nSPS) is 10.8. The van der Waals surface area contributed by atoms with Gasteiger partial charge in [0.15, 0.2) is 0 Å². The van der Waals surface area contributed by atoms with Crippen LogP contribution < -0.4 is 10.5 Å². The van der Waals surface area contributed by atoms with Crippen molar-refractivity contribution in [1.29, 1.82) is 0 Å². The minimum Gasteiger partial charge on any atom is -0.468 e. The molecule has 0 radical (unpaired) electrons. The first kappa shape index (κ1) is 11.2. The zero-order chi connectivity index (χ0) is 11.4. The van der Waals surface area contributed by atoms with Crippen molar-refractivity contribution in [1.82, 2.24) is 4.98 Å². The number of fused-ring (bicyclic) bond motifs is 1. The molecule has 1 heterocycles. The van der Waals surface area contributed by atoms with Gasteiger partial charge in [-0.15, -0.1) is 0 Å². The third-order valence-corrected chi connectivity index (χ3v) is 2.98. The summed E-state index contributed by atoms with van der Waals surface area (Å²) in [6.45, 7) is 3.79. The molecular formula is C11H14N2O2S. The lowest BCUT2D eigenvalue weighted by Crippen LogP contribution is -2.05. The topological polar surface area (TPSA) is 57.4 Å². The molecule has 0 saturated carbocycles. The summed E-state index contributed by atoms with van der Waals surface area (Å²) in [7, 11) is 0. The molecule has 0 unspecified atom stereocenters.